The van der Waals surface area contributed by atoms with Crippen LogP contribution in [0.25, 0.3) is 0 Å². The molecule has 0 aliphatic carbocycles. The van der Waals surface area contributed by atoms with E-state index in [4.69, 9.17) is 5.26 Å². The third kappa shape index (κ3) is 2.00. The van der Waals surface area contributed by atoms with Crippen LogP contribution in [0.2, 0.25) is 0 Å². The molecule has 1 atom stereocenters. The van der Waals surface area contributed by atoms with E-state index in [9.17, 15) is 4.39 Å². The topological polar surface area (TPSA) is 39.1 Å². The monoisotopic (exact) mass is 219 g/mol. The SMILES string of the molecule is CC1CNCCN1c1ccc(F)cc1C#N. The van der Waals surface area contributed by atoms with Gasteiger partial charge in [-0.15, -0.1) is 0 Å². The van der Waals surface area contributed by atoms with Crippen molar-refractivity contribution in [3.8, 4) is 6.07 Å². The highest BCUT2D eigenvalue weighted by Crippen LogP contribution is 2.23. The molecule has 1 aromatic rings. The Labute approximate surface area is 94.5 Å². The highest BCUT2D eigenvalue weighted by Gasteiger charge is 2.20. The lowest BCUT2D eigenvalue weighted by atomic mass is 10.1. The van der Waals surface area contributed by atoms with E-state index in [0.29, 0.717) is 11.6 Å². The fraction of sp³-hybridized carbons (Fsp3) is 0.417. The first kappa shape index (κ1) is 10.9. The average Bonchev–Trinajstić information content (AvgIpc) is 2.30. The van der Waals surface area contributed by atoms with Gasteiger partial charge in [0.2, 0.25) is 0 Å². The Balaban J connectivity index is 2.35. The van der Waals surface area contributed by atoms with E-state index >= 15 is 0 Å². The molecule has 1 fully saturated rings. The Morgan fingerprint density at radius 2 is 2.38 bits per heavy atom. The van der Waals surface area contributed by atoms with Gasteiger partial charge in [-0.05, 0) is 25.1 Å². The fourth-order valence-electron chi connectivity index (χ4n) is 2.05. The molecule has 3 nitrogen and oxygen atoms in total. The third-order valence-electron chi connectivity index (χ3n) is 2.89. The summed E-state index contributed by atoms with van der Waals surface area (Å²) in [6.45, 7) is 4.73. The Morgan fingerprint density at radius 1 is 1.56 bits per heavy atom. The second kappa shape index (κ2) is 4.50. The van der Waals surface area contributed by atoms with Crippen LogP contribution in [0.5, 0.6) is 0 Å². The van der Waals surface area contributed by atoms with Gasteiger partial charge in [-0.2, -0.15) is 5.26 Å². The number of anilines is 1. The smallest absolute Gasteiger partial charge is 0.124 e. The number of piperazine rings is 1. The number of benzene rings is 1. The minimum atomic E-state index is -0.358. The summed E-state index contributed by atoms with van der Waals surface area (Å²) in [5.74, 6) is -0.358. The minimum Gasteiger partial charge on any atom is -0.365 e. The molecule has 1 saturated heterocycles. The molecule has 4 heteroatoms. The van der Waals surface area contributed by atoms with Gasteiger partial charge in [0, 0.05) is 25.7 Å². The predicted octanol–water partition coefficient (Wildman–Crippen LogP) is 1.50. The van der Waals surface area contributed by atoms with E-state index in [-0.39, 0.29) is 5.82 Å². The van der Waals surface area contributed by atoms with Crippen LogP contribution in [0, 0.1) is 17.1 Å². The lowest BCUT2D eigenvalue weighted by Gasteiger charge is -2.36. The maximum absolute atomic E-state index is 13.0. The van der Waals surface area contributed by atoms with E-state index in [2.05, 4.69) is 23.2 Å². The summed E-state index contributed by atoms with van der Waals surface area (Å²) in [4.78, 5) is 2.15. The van der Waals surface area contributed by atoms with Crippen LogP contribution in [-0.2, 0) is 0 Å². The van der Waals surface area contributed by atoms with Gasteiger partial charge in [-0.3, -0.25) is 0 Å². The summed E-state index contributed by atoms with van der Waals surface area (Å²) in [5, 5.41) is 12.3. The zero-order valence-corrected chi connectivity index (χ0v) is 9.20. The van der Waals surface area contributed by atoms with Gasteiger partial charge >= 0.3 is 0 Å². The van der Waals surface area contributed by atoms with E-state index in [1.54, 1.807) is 6.07 Å². The Bertz CT molecular complexity index is 425. The van der Waals surface area contributed by atoms with Crippen molar-refractivity contribution in [2.24, 2.45) is 0 Å². The van der Waals surface area contributed by atoms with Crippen molar-refractivity contribution >= 4 is 5.69 Å². The molecule has 0 saturated carbocycles. The first-order chi connectivity index (χ1) is 7.72. The number of nitrogens with one attached hydrogen (secondary N) is 1. The van der Waals surface area contributed by atoms with Crippen molar-refractivity contribution in [3.05, 3.63) is 29.6 Å². The molecule has 16 heavy (non-hydrogen) atoms. The molecule has 0 spiro atoms. The third-order valence-corrected chi connectivity index (χ3v) is 2.89. The van der Waals surface area contributed by atoms with Crippen molar-refractivity contribution in [2.45, 2.75) is 13.0 Å². The normalized spacial score (nSPS) is 20.6. The average molecular weight is 219 g/mol. The number of hydrogen-bond donors (Lipinski definition) is 1. The zero-order valence-electron chi connectivity index (χ0n) is 9.20. The standard InChI is InChI=1S/C12H14FN3/c1-9-8-15-4-5-16(9)12-3-2-11(13)6-10(12)7-14/h2-3,6,9,15H,4-5,8H2,1H3. The molecule has 1 heterocycles. The quantitative estimate of drug-likeness (QED) is 0.778. The van der Waals surface area contributed by atoms with Crippen LogP contribution in [0.4, 0.5) is 10.1 Å². The van der Waals surface area contributed by atoms with Gasteiger partial charge in [0.25, 0.3) is 0 Å². The first-order valence-corrected chi connectivity index (χ1v) is 5.39. The van der Waals surface area contributed by atoms with Gasteiger partial charge in [-0.25, -0.2) is 4.39 Å². The highest BCUT2D eigenvalue weighted by molar-refractivity contribution is 5.60. The van der Waals surface area contributed by atoms with Crippen molar-refractivity contribution in [1.29, 1.82) is 5.26 Å². The Morgan fingerprint density at radius 3 is 3.06 bits per heavy atom. The molecule has 0 radical (unpaired) electrons. The van der Waals surface area contributed by atoms with Gasteiger partial charge < -0.3 is 10.2 Å². The molecule has 2 rings (SSSR count). The molecule has 1 aliphatic rings. The number of nitriles is 1. The molecule has 1 unspecified atom stereocenters. The zero-order chi connectivity index (χ0) is 11.5. The molecule has 84 valence electrons. The number of hydrogen-bond acceptors (Lipinski definition) is 3. The summed E-state index contributed by atoms with van der Waals surface area (Å²) in [5.41, 5.74) is 1.24. The van der Waals surface area contributed by atoms with Gasteiger partial charge in [-0.1, -0.05) is 0 Å². The maximum Gasteiger partial charge on any atom is 0.124 e. The Kier molecular flexibility index (Phi) is 3.07. The number of rotatable bonds is 1. The van der Waals surface area contributed by atoms with E-state index in [1.807, 2.05) is 0 Å². The van der Waals surface area contributed by atoms with Gasteiger partial charge in [0.05, 0.1) is 11.3 Å². The molecule has 1 N–H and O–H groups in total. The summed E-state index contributed by atoms with van der Waals surface area (Å²) < 4.78 is 13.0. The van der Waals surface area contributed by atoms with Crippen LogP contribution in [-0.4, -0.2) is 25.7 Å². The van der Waals surface area contributed by atoms with E-state index in [0.717, 1.165) is 25.3 Å². The highest BCUT2D eigenvalue weighted by atomic mass is 19.1. The molecule has 1 aromatic carbocycles. The summed E-state index contributed by atoms with van der Waals surface area (Å²) >= 11 is 0. The molecule has 0 aromatic heterocycles. The molecule has 0 amide bonds. The first-order valence-electron chi connectivity index (χ1n) is 5.39. The van der Waals surface area contributed by atoms with E-state index < -0.39 is 0 Å². The van der Waals surface area contributed by atoms with Crippen molar-refractivity contribution in [2.75, 3.05) is 24.5 Å². The van der Waals surface area contributed by atoms with Crippen molar-refractivity contribution in [3.63, 3.8) is 0 Å². The van der Waals surface area contributed by atoms with Gasteiger partial charge in [0.15, 0.2) is 0 Å². The summed E-state index contributed by atoms with van der Waals surface area (Å²) in [7, 11) is 0. The number of halogens is 1. The van der Waals surface area contributed by atoms with Crippen LogP contribution in [0.3, 0.4) is 0 Å². The van der Waals surface area contributed by atoms with Crippen molar-refractivity contribution in [1.82, 2.24) is 5.32 Å². The van der Waals surface area contributed by atoms with Gasteiger partial charge in [0.1, 0.15) is 11.9 Å². The largest absolute Gasteiger partial charge is 0.365 e. The second-order valence-corrected chi connectivity index (χ2v) is 4.02. The number of nitrogens with zero attached hydrogens (tertiary/aromatic N) is 2. The predicted molar refractivity (Wildman–Crippen MR) is 60.8 cm³/mol. The summed E-state index contributed by atoms with van der Waals surface area (Å²) in [6, 6.07) is 6.77. The minimum absolute atomic E-state index is 0.325. The van der Waals surface area contributed by atoms with E-state index in [1.165, 1.54) is 12.1 Å². The molecular weight excluding hydrogens is 205 g/mol. The van der Waals surface area contributed by atoms with Crippen LogP contribution in [0.15, 0.2) is 18.2 Å². The molecular formula is C12H14FN3. The van der Waals surface area contributed by atoms with Crippen LogP contribution in [0.1, 0.15) is 12.5 Å². The lowest BCUT2D eigenvalue weighted by Crippen LogP contribution is -2.50. The Hall–Kier alpha value is -1.60. The van der Waals surface area contributed by atoms with Crippen LogP contribution < -0.4 is 10.2 Å². The molecule has 0 bridgehead atoms. The molecule has 1 aliphatic heterocycles. The van der Waals surface area contributed by atoms with Crippen LogP contribution >= 0.6 is 0 Å². The lowest BCUT2D eigenvalue weighted by molar-refractivity contribution is 0.500. The maximum atomic E-state index is 13.0. The fourth-order valence-corrected chi connectivity index (χ4v) is 2.05. The summed E-state index contributed by atoms with van der Waals surface area (Å²) in [6.07, 6.45) is 0. The van der Waals surface area contributed by atoms with Crippen molar-refractivity contribution < 1.29 is 4.39 Å². The second-order valence-electron chi connectivity index (χ2n) is 4.02.